The molecular formula is C18H29NO6. The lowest BCUT2D eigenvalue weighted by Gasteiger charge is -2.60. The van der Waals surface area contributed by atoms with E-state index in [0.717, 1.165) is 25.7 Å². The van der Waals surface area contributed by atoms with E-state index in [1.54, 1.807) is 7.05 Å². The Morgan fingerprint density at radius 2 is 2.00 bits per heavy atom. The van der Waals surface area contributed by atoms with E-state index in [4.69, 9.17) is 24.0 Å². The van der Waals surface area contributed by atoms with Crippen LogP contribution in [0.25, 0.3) is 0 Å². The number of hydrogen-bond donors (Lipinski definition) is 1. The Morgan fingerprint density at radius 3 is 2.76 bits per heavy atom. The van der Waals surface area contributed by atoms with E-state index in [1.165, 1.54) is 0 Å². The predicted octanol–water partition coefficient (Wildman–Crippen LogP) is 1.96. The fourth-order valence-electron chi connectivity index (χ4n) is 5.29. The monoisotopic (exact) mass is 355 g/mol. The first-order valence-electron chi connectivity index (χ1n) is 9.42. The average molecular weight is 355 g/mol. The quantitative estimate of drug-likeness (QED) is 0.780. The van der Waals surface area contributed by atoms with Gasteiger partial charge in [-0.3, -0.25) is 4.79 Å². The Bertz CT molecular complexity index is 544. The van der Waals surface area contributed by atoms with Gasteiger partial charge in [-0.25, -0.2) is 9.78 Å². The molecular weight excluding hydrogens is 326 g/mol. The lowest BCUT2D eigenvalue weighted by molar-refractivity contribution is -0.577. The number of amides is 1. The van der Waals surface area contributed by atoms with Gasteiger partial charge in [0.2, 0.25) is 11.7 Å². The second kappa shape index (κ2) is 6.16. The number of fused-ring (bicyclic) bond motifs is 2. The number of likely N-dealkylation sites (N-methyl/N-ethyl adjacent to an activating group) is 1. The van der Waals surface area contributed by atoms with Crippen molar-refractivity contribution < 1.29 is 28.8 Å². The molecule has 25 heavy (non-hydrogen) atoms. The molecule has 4 heterocycles. The fourth-order valence-corrected chi connectivity index (χ4v) is 5.29. The molecule has 3 unspecified atom stereocenters. The molecule has 1 saturated carbocycles. The Morgan fingerprint density at radius 1 is 1.20 bits per heavy atom. The topological polar surface area (TPSA) is 75.3 Å². The van der Waals surface area contributed by atoms with Crippen molar-refractivity contribution in [2.45, 2.75) is 70.4 Å². The van der Waals surface area contributed by atoms with Crippen molar-refractivity contribution in [3.8, 4) is 0 Å². The number of nitrogens with one attached hydrogen (secondary N) is 1. The van der Waals surface area contributed by atoms with Gasteiger partial charge in [0.05, 0.1) is 0 Å². The summed E-state index contributed by atoms with van der Waals surface area (Å²) in [6, 6.07) is 0. The van der Waals surface area contributed by atoms with E-state index in [2.05, 4.69) is 19.2 Å². The molecule has 5 fully saturated rings. The van der Waals surface area contributed by atoms with Gasteiger partial charge in [-0.2, -0.15) is 0 Å². The molecule has 0 aromatic carbocycles. The zero-order chi connectivity index (χ0) is 17.8. The summed E-state index contributed by atoms with van der Waals surface area (Å²) >= 11 is 0. The van der Waals surface area contributed by atoms with Crippen molar-refractivity contribution in [3.63, 3.8) is 0 Å². The van der Waals surface area contributed by atoms with Gasteiger partial charge in [0.1, 0.15) is 6.61 Å². The summed E-state index contributed by atoms with van der Waals surface area (Å²) in [5.41, 5.74) is -0.583. The van der Waals surface area contributed by atoms with Crippen LogP contribution in [0, 0.1) is 23.7 Å². The van der Waals surface area contributed by atoms with Crippen LogP contribution in [0.3, 0.4) is 0 Å². The van der Waals surface area contributed by atoms with Crippen LogP contribution >= 0.6 is 0 Å². The summed E-state index contributed by atoms with van der Waals surface area (Å²) in [6.07, 6.45) is 2.94. The van der Waals surface area contributed by atoms with Gasteiger partial charge >= 0.3 is 0 Å². The molecule has 0 aromatic rings. The van der Waals surface area contributed by atoms with E-state index >= 15 is 0 Å². The normalized spacial score (nSPS) is 51.5. The van der Waals surface area contributed by atoms with E-state index in [1.807, 2.05) is 6.92 Å². The first kappa shape index (κ1) is 17.7. The molecule has 8 atom stereocenters. The molecule has 5 rings (SSSR count). The maximum Gasteiger partial charge on any atom is 0.245 e. The molecule has 2 bridgehead atoms. The molecule has 4 saturated heterocycles. The van der Waals surface area contributed by atoms with Crippen LogP contribution < -0.4 is 5.32 Å². The zero-order valence-corrected chi connectivity index (χ0v) is 15.4. The molecule has 7 nitrogen and oxygen atoms in total. The summed E-state index contributed by atoms with van der Waals surface area (Å²) in [4.78, 5) is 23.4. The molecule has 4 aliphatic heterocycles. The van der Waals surface area contributed by atoms with Crippen LogP contribution in [0.4, 0.5) is 0 Å². The third-order valence-electron chi connectivity index (χ3n) is 6.75. The van der Waals surface area contributed by atoms with Crippen LogP contribution in [0.5, 0.6) is 0 Å². The van der Waals surface area contributed by atoms with E-state index < -0.39 is 24.0 Å². The number of carbonyl (C=O) groups excluding carboxylic acids is 1. The summed E-state index contributed by atoms with van der Waals surface area (Å²) in [6.45, 7) is 6.28. The highest BCUT2D eigenvalue weighted by molar-refractivity contribution is 5.76. The molecule has 7 heteroatoms. The number of hydrogen-bond acceptors (Lipinski definition) is 6. The Kier molecular flexibility index (Phi) is 4.36. The van der Waals surface area contributed by atoms with Gasteiger partial charge in [0.25, 0.3) is 0 Å². The van der Waals surface area contributed by atoms with Crippen LogP contribution in [-0.2, 0) is 28.8 Å². The van der Waals surface area contributed by atoms with Crippen molar-refractivity contribution >= 4 is 5.91 Å². The number of rotatable bonds is 3. The summed E-state index contributed by atoms with van der Waals surface area (Å²) in [5, 5.41) is 2.57. The van der Waals surface area contributed by atoms with Gasteiger partial charge in [0.15, 0.2) is 18.2 Å². The molecule has 142 valence electrons. The molecule has 0 aromatic heterocycles. The van der Waals surface area contributed by atoms with Crippen molar-refractivity contribution in [1.29, 1.82) is 0 Å². The van der Waals surface area contributed by atoms with E-state index in [-0.39, 0.29) is 24.3 Å². The first-order valence-corrected chi connectivity index (χ1v) is 9.42. The van der Waals surface area contributed by atoms with Gasteiger partial charge in [-0.05, 0) is 38.0 Å². The Balaban J connectivity index is 1.64. The van der Waals surface area contributed by atoms with Gasteiger partial charge in [-0.15, -0.1) is 0 Å². The lowest BCUT2D eigenvalue weighted by Crippen LogP contribution is -2.70. The SMILES string of the molecule is CNC(=O)COC1O[C@@H]2O[C@@]3(C)CCC4[C@H](C)CCC([C@H]1C)[C@]42OO3. The molecule has 1 N–H and O–H groups in total. The molecule has 1 aliphatic carbocycles. The highest BCUT2D eigenvalue weighted by Crippen LogP contribution is 2.60. The summed E-state index contributed by atoms with van der Waals surface area (Å²) < 4.78 is 18.2. The van der Waals surface area contributed by atoms with Gasteiger partial charge in [0, 0.05) is 25.3 Å². The number of ether oxygens (including phenoxy) is 3. The predicted molar refractivity (Wildman–Crippen MR) is 86.8 cm³/mol. The standard InChI is InChI=1S/C18H29NO6/c1-10-5-6-13-11(2)15(21-9-14(20)19-4)22-16-18(13)12(10)7-8-17(3,23-16)24-25-18/h10-13,15-16H,5-9H2,1-4H3,(H,19,20)/t10-,11-,12?,13?,15?,16-,17-,18-/m1/s1. The maximum atomic E-state index is 11.6. The minimum Gasteiger partial charge on any atom is -0.357 e. The molecule has 1 spiro atoms. The highest BCUT2D eigenvalue weighted by Gasteiger charge is 2.69. The zero-order valence-electron chi connectivity index (χ0n) is 15.4. The average Bonchev–Trinajstić information content (AvgIpc) is 2.82. The second-order valence-electron chi connectivity index (χ2n) is 8.26. The Labute approximate surface area is 148 Å². The fraction of sp³-hybridized carbons (Fsp3) is 0.944. The number of carbonyl (C=O) groups is 1. The minimum absolute atomic E-state index is 0.0214. The van der Waals surface area contributed by atoms with Crippen molar-refractivity contribution in [2.75, 3.05) is 13.7 Å². The van der Waals surface area contributed by atoms with Gasteiger partial charge in [-0.1, -0.05) is 13.8 Å². The summed E-state index contributed by atoms with van der Waals surface area (Å²) in [5.74, 6) is 0.216. The molecule has 0 radical (unpaired) electrons. The second-order valence-corrected chi connectivity index (χ2v) is 8.26. The van der Waals surface area contributed by atoms with Crippen molar-refractivity contribution in [2.24, 2.45) is 23.7 Å². The van der Waals surface area contributed by atoms with Crippen molar-refractivity contribution in [1.82, 2.24) is 5.32 Å². The molecule has 1 amide bonds. The summed E-state index contributed by atoms with van der Waals surface area (Å²) in [7, 11) is 1.60. The minimum atomic E-state index is -0.788. The third kappa shape index (κ3) is 2.63. The van der Waals surface area contributed by atoms with Crippen molar-refractivity contribution in [3.05, 3.63) is 0 Å². The Hall–Kier alpha value is -0.730. The lowest BCUT2D eigenvalue weighted by atomic mass is 9.58. The smallest absolute Gasteiger partial charge is 0.245 e. The van der Waals surface area contributed by atoms with Crippen LogP contribution in [-0.4, -0.2) is 43.5 Å². The van der Waals surface area contributed by atoms with Gasteiger partial charge < -0.3 is 19.5 Å². The van der Waals surface area contributed by atoms with Crippen LogP contribution in [0.15, 0.2) is 0 Å². The maximum absolute atomic E-state index is 11.6. The molecule has 5 aliphatic rings. The van der Waals surface area contributed by atoms with E-state index in [9.17, 15) is 4.79 Å². The van der Waals surface area contributed by atoms with Crippen LogP contribution in [0.2, 0.25) is 0 Å². The van der Waals surface area contributed by atoms with Crippen LogP contribution in [0.1, 0.15) is 46.5 Å². The van der Waals surface area contributed by atoms with E-state index in [0.29, 0.717) is 11.8 Å². The third-order valence-corrected chi connectivity index (χ3v) is 6.75. The highest BCUT2D eigenvalue weighted by atomic mass is 17.3. The largest absolute Gasteiger partial charge is 0.357 e. The first-order chi connectivity index (χ1) is 11.9.